The molecule has 0 radical (unpaired) electrons. The van der Waals surface area contributed by atoms with Gasteiger partial charge in [-0.1, -0.05) is 65.1 Å². The van der Waals surface area contributed by atoms with Crippen molar-refractivity contribution >= 4 is 46.5 Å². The standard InChI is InChI=1S/C23H17Cl3N4O/c1-13-19-20(14-7-6-10-16(11-14)31-2)29-21(26)17(24)12-18(25)22(29)27-23(19)30(28-13)15-8-4-3-5-9-15/h3-12,20H,1-2H3. The predicted molar refractivity (Wildman–Crippen MR) is 125 cm³/mol. The molecule has 0 N–H and O–H groups in total. The maximum atomic E-state index is 6.70. The van der Waals surface area contributed by atoms with E-state index >= 15 is 0 Å². The molecule has 1 aromatic heterocycles. The lowest BCUT2D eigenvalue weighted by Crippen LogP contribution is -2.38. The zero-order chi connectivity index (χ0) is 21.7. The molecule has 8 heteroatoms. The van der Waals surface area contributed by atoms with Crippen molar-refractivity contribution in [3.05, 3.63) is 92.7 Å². The fraction of sp³-hybridized carbons (Fsp3) is 0.130. The zero-order valence-electron chi connectivity index (χ0n) is 16.7. The lowest BCUT2D eigenvalue weighted by molar-refractivity contribution is 0.409. The Labute approximate surface area is 194 Å². The number of hydrogen-bond donors (Lipinski definition) is 0. The first-order valence-corrected chi connectivity index (χ1v) is 10.7. The number of ether oxygens (including phenoxy) is 1. The number of aliphatic imine (C=N–C) groups is 1. The van der Waals surface area contributed by atoms with Gasteiger partial charge in [-0.25, -0.2) is 9.67 Å². The summed E-state index contributed by atoms with van der Waals surface area (Å²) < 4.78 is 7.30. The number of aryl methyl sites for hydroxylation is 1. The van der Waals surface area contributed by atoms with Gasteiger partial charge >= 0.3 is 0 Å². The highest BCUT2D eigenvalue weighted by Crippen LogP contribution is 2.48. The van der Waals surface area contributed by atoms with Crippen LogP contribution in [-0.4, -0.2) is 27.6 Å². The van der Waals surface area contributed by atoms with E-state index in [9.17, 15) is 0 Å². The highest BCUT2D eigenvalue weighted by atomic mass is 35.5. The Morgan fingerprint density at radius 3 is 2.52 bits per heavy atom. The number of fused-ring (bicyclic) bond motifs is 2. The quantitative estimate of drug-likeness (QED) is 0.415. The fourth-order valence-electron chi connectivity index (χ4n) is 3.96. The molecule has 1 unspecified atom stereocenters. The van der Waals surface area contributed by atoms with Crippen LogP contribution in [0.15, 0.2) is 80.9 Å². The van der Waals surface area contributed by atoms with Crippen LogP contribution in [0.1, 0.15) is 22.9 Å². The Morgan fingerprint density at radius 2 is 1.77 bits per heavy atom. The topological polar surface area (TPSA) is 42.6 Å². The first-order valence-electron chi connectivity index (χ1n) is 9.59. The van der Waals surface area contributed by atoms with Crippen LogP contribution >= 0.6 is 34.8 Å². The summed E-state index contributed by atoms with van der Waals surface area (Å²) in [7, 11) is 1.64. The SMILES string of the molecule is COc1cccc(C2c3c(C)nn(-c4ccccc4)c3N=C3C(Cl)=CC(Cl)=C(Cl)N32)c1. The summed E-state index contributed by atoms with van der Waals surface area (Å²) in [6, 6.07) is 17.4. The minimum Gasteiger partial charge on any atom is -0.497 e. The van der Waals surface area contributed by atoms with Crippen molar-refractivity contribution in [2.45, 2.75) is 13.0 Å². The molecule has 3 aromatic rings. The number of methoxy groups -OCH3 is 1. The smallest absolute Gasteiger partial charge is 0.164 e. The molecule has 0 aliphatic carbocycles. The van der Waals surface area contributed by atoms with Crippen molar-refractivity contribution in [3.63, 3.8) is 0 Å². The van der Waals surface area contributed by atoms with E-state index in [4.69, 9.17) is 49.6 Å². The minimum absolute atomic E-state index is 0.334. The van der Waals surface area contributed by atoms with Crippen LogP contribution in [0, 0.1) is 6.92 Å². The maximum Gasteiger partial charge on any atom is 0.164 e. The molecule has 2 aromatic carbocycles. The van der Waals surface area contributed by atoms with E-state index in [1.165, 1.54) is 0 Å². The lowest BCUT2D eigenvalue weighted by atomic mass is 9.94. The average molecular weight is 472 g/mol. The van der Waals surface area contributed by atoms with Crippen LogP contribution in [0.4, 0.5) is 5.82 Å². The van der Waals surface area contributed by atoms with Crippen LogP contribution in [-0.2, 0) is 0 Å². The van der Waals surface area contributed by atoms with Crippen molar-refractivity contribution in [2.75, 3.05) is 7.11 Å². The number of nitrogens with zero attached hydrogens (tertiary/aromatic N) is 4. The van der Waals surface area contributed by atoms with E-state index in [1.54, 1.807) is 13.2 Å². The fourth-order valence-corrected chi connectivity index (χ4v) is 4.69. The number of para-hydroxylation sites is 1. The molecule has 0 saturated heterocycles. The predicted octanol–water partition coefficient (Wildman–Crippen LogP) is 6.41. The normalized spacial score (nSPS) is 17.7. The number of rotatable bonds is 3. The van der Waals surface area contributed by atoms with Crippen LogP contribution in [0.3, 0.4) is 0 Å². The minimum atomic E-state index is -0.334. The molecular formula is C23H17Cl3N4O. The summed E-state index contributed by atoms with van der Waals surface area (Å²) in [6.07, 6.45) is 1.62. The van der Waals surface area contributed by atoms with Gasteiger partial charge in [0.25, 0.3) is 0 Å². The molecule has 3 heterocycles. The van der Waals surface area contributed by atoms with Gasteiger partial charge in [0, 0.05) is 5.56 Å². The van der Waals surface area contributed by atoms with E-state index in [0.717, 1.165) is 28.3 Å². The number of amidine groups is 1. The Balaban J connectivity index is 1.81. The highest BCUT2D eigenvalue weighted by molar-refractivity contribution is 6.49. The van der Waals surface area contributed by atoms with Crippen molar-refractivity contribution in [2.24, 2.45) is 4.99 Å². The van der Waals surface area contributed by atoms with E-state index < -0.39 is 0 Å². The maximum absolute atomic E-state index is 6.70. The molecule has 31 heavy (non-hydrogen) atoms. The number of benzene rings is 2. The second-order valence-corrected chi connectivity index (χ2v) is 8.36. The number of halogens is 3. The van der Waals surface area contributed by atoms with Gasteiger partial charge in [0.1, 0.15) is 10.9 Å². The average Bonchev–Trinajstić information content (AvgIpc) is 3.13. The highest BCUT2D eigenvalue weighted by Gasteiger charge is 2.40. The third-order valence-electron chi connectivity index (χ3n) is 5.34. The van der Waals surface area contributed by atoms with Gasteiger partial charge < -0.3 is 9.64 Å². The van der Waals surface area contributed by atoms with Gasteiger partial charge in [-0.15, -0.1) is 0 Å². The molecular weight excluding hydrogens is 455 g/mol. The van der Waals surface area contributed by atoms with Crippen molar-refractivity contribution in [1.82, 2.24) is 14.7 Å². The van der Waals surface area contributed by atoms with Crippen LogP contribution in [0.5, 0.6) is 5.75 Å². The summed E-state index contributed by atoms with van der Waals surface area (Å²) >= 11 is 19.7. The molecule has 0 bridgehead atoms. The van der Waals surface area contributed by atoms with E-state index in [-0.39, 0.29) is 6.04 Å². The van der Waals surface area contributed by atoms with E-state index in [2.05, 4.69) is 0 Å². The summed E-state index contributed by atoms with van der Waals surface area (Å²) in [6.45, 7) is 1.96. The Bertz CT molecular complexity index is 1280. The second-order valence-electron chi connectivity index (χ2n) is 7.19. The second kappa shape index (κ2) is 7.75. The molecule has 156 valence electrons. The Hall–Kier alpha value is -2.73. The molecule has 0 spiro atoms. The molecule has 0 fully saturated rings. The van der Waals surface area contributed by atoms with Crippen molar-refractivity contribution in [1.29, 1.82) is 0 Å². The molecule has 1 atom stereocenters. The molecule has 5 nitrogen and oxygen atoms in total. The molecule has 2 aliphatic rings. The third-order valence-corrected chi connectivity index (χ3v) is 6.39. The van der Waals surface area contributed by atoms with Crippen LogP contribution in [0.25, 0.3) is 5.69 Å². The Morgan fingerprint density at radius 1 is 1.00 bits per heavy atom. The molecule has 2 aliphatic heterocycles. The van der Waals surface area contributed by atoms with Crippen LogP contribution < -0.4 is 4.74 Å². The van der Waals surface area contributed by atoms with E-state index in [1.807, 2.05) is 71.1 Å². The first-order chi connectivity index (χ1) is 15.0. The van der Waals surface area contributed by atoms with Gasteiger partial charge in [0.05, 0.1) is 34.6 Å². The number of aromatic nitrogens is 2. The molecule has 0 saturated carbocycles. The van der Waals surface area contributed by atoms with Gasteiger partial charge in [0.15, 0.2) is 11.7 Å². The van der Waals surface area contributed by atoms with Gasteiger partial charge in [0.2, 0.25) is 0 Å². The largest absolute Gasteiger partial charge is 0.497 e. The van der Waals surface area contributed by atoms with Gasteiger partial charge in [-0.2, -0.15) is 5.10 Å². The summed E-state index contributed by atoms with van der Waals surface area (Å²) in [5.41, 5.74) is 3.62. The first kappa shape index (κ1) is 20.2. The summed E-state index contributed by atoms with van der Waals surface area (Å²) in [5.74, 6) is 1.96. The van der Waals surface area contributed by atoms with Crippen molar-refractivity contribution < 1.29 is 4.74 Å². The van der Waals surface area contributed by atoms with E-state index in [0.29, 0.717) is 26.9 Å². The monoisotopic (exact) mass is 470 g/mol. The van der Waals surface area contributed by atoms with Gasteiger partial charge in [-0.05, 0) is 42.8 Å². The van der Waals surface area contributed by atoms with Crippen molar-refractivity contribution in [3.8, 4) is 11.4 Å². The molecule has 0 amide bonds. The van der Waals surface area contributed by atoms with Gasteiger partial charge in [-0.3, -0.25) is 0 Å². The molecule has 5 rings (SSSR count). The third kappa shape index (κ3) is 3.24. The lowest BCUT2D eigenvalue weighted by Gasteiger charge is -2.39. The zero-order valence-corrected chi connectivity index (χ0v) is 18.9. The van der Waals surface area contributed by atoms with Crippen LogP contribution in [0.2, 0.25) is 0 Å². The Kier molecular flexibility index (Phi) is 5.05. The summed E-state index contributed by atoms with van der Waals surface area (Å²) in [4.78, 5) is 6.74. The summed E-state index contributed by atoms with van der Waals surface area (Å²) in [5, 5.41) is 5.93. The number of allylic oxidation sites excluding steroid dienone is 2. The number of hydrogen-bond acceptors (Lipinski definition) is 4.